The van der Waals surface area contributed by atoms with Crippen molar-refractivity contribution in [1.29, 1.82) is 0 Å². The average molecular weight is 456 g/mol. The quantitative estimate of drug-likeness (QED) is 0.417. The van der Waals surface area contributed by atoms with Gasteiger partial charge < -0.3 is 13.9 Å². The minimum Gasteiger partial charge on any atom is -0.355 e. The molecule has 0 unspecified atom stereocenters. The molecule has 0 saturated carbocycles. The van der Waals surface area contributed by atoms with E-state index in [0.29, 0.717) is 36.3 Å². The smallest absolute Gasteiger partial charge is 0.276 e. The molecule has 0 radical (unpaired) electrons. The van der Waals surface area contributed by atoms with Gasteiger partial charge in [0.1, 0.15) is 0 Å². The van der Waals surface area contributed by atoms with Gasteiger partial charge in [0.15, 0.2) is 11.5 Å². The molecule has 0 bridgehead atoms. The predicted molar refractivity (Wildman–Crippen MR) is 118 cm³/mol. The lowest BCUT2D eigenvalue weighted by molar-refractivity contribution is 0.0625. The van der Waals surface area contributed by atoms with Gasteiger partial charge in [-0.2, -0.15) is 4.98 Å². The van der Waals surface area contributed by atoms with E-state index in [-0.39, 0.29) is 5.91 Å². The summed E-state index contributed by atoms with van der Waals surface area (Å²) in [5.74, 6) is 1.90. The van der Waals surface area contributed by atoms with Crippen LogP contribution in [0, 0.1) is 0 Å². The SMILES string of the molecule is O=C(c1cc(-c2cccs2)on1)N1CCN(CCCc2nc(-c3cccs3)no2)CC1. The van der Waals surface area contributed by atoms with Crippen LogP contribution in [0.1, 0.15) is 22.8 Å². The minimum atomic E-state index is -0.0711. The van der Waals surface area contributed by atoms with Gasteiger partial charge in [0.05, 0.1) is 9.75 Å². The van der Waals surface area contributed by atoms with Gasteiger partial charge in [-0.05, 0) is 35.9 Å². The zero-order valence-electron chi connectivity index (χ0n) is 16.8. The van der Waals surface area contributed by atoms with Gasteiger partial charge in [0, 0.05) is 38.7 Å². The van der Waals surface area contributed by atoms with E-state index in [9.17, 15) is 4.79 Å². The molecule has 1 saturated heterocycles. The monoisotopic (exact) mass is 455 g/mol. The molecule has 4 aromatic heterocycles. The van der Waals surface area contributed by atoms with Crippen LogP contribution in [0.2, 0.25) is 0 Å². The Bertz CT molecular complexity index is 1110. The molecule has 1 aliphatic heterocycles. The highest BCUT2D eigenvalue weighted by Gasteiger charge is 2.25. The number of thiophene rings is 2. The van der Waals surface area contributed by atoms with Crippen LogP contribution >= 0.6 is 22.7 Å². The molecule has 31 heavy (non-hydrogen) atoms. The maximum absolute atomic E-state index is 12.7. The first-order valence-electron chi connectivity index (χ1n) is 10.1. The number of amides is 1. The highest BCUT2D eigenvalue weighted by molar-refractivity contribution is 7.13. The molecule has 0 aliphatic carbocycles. The van der Waals surface area contributed by atoms with E-state index in [1.54, 1.807) is 28.7 Å². The first kappa shape index (κ1) is 20.1. The van der Waals surface area contributed by atoms with E-state index < -0.39 is 0 Å². The summed E-state index contributed by atoms with van der Waals surface area (Å²) in [6.07, 6.45) is 1.69. The van der Waals surface area contributed by atoms with Gasteiger partial charge in [0.25, 0.3) is 5.91 Å². The molecule has 5 rings (SSSR count). The normalized spacial score (nSPS) is 14.9. The Morgan fingerprint density at radius 1 is 1.00 bits per heavy atom. The van der Waals surface area contributed by atoms with Crippen molar-refractivity contribution in [2.75, 3.05) is 32.7 Å². The number of nitrogens with zero attached hydrogens (tertiary/aromatic N) is 5. The molecule has 0 aromatic carbocycles. The van der Waals surface area contributed by atoms with Gasteiger partial charge in [-0.1, -0.05) is 22.4 Å². The second-order valence-corrected chi connectivity index (χ2v) is 9.18. The van der Waals surface area contributed by atoms with E-state index in [1.807, 2.05) is 39.9 Å². The second-order valence-electron chi connectivity index (χ2n) is 7.28. The van der Waals surface area contributed by atoms with Crippen molar-refractivity contribution in [1.82, 2.24) is 25.1 Å². The molecule has 4 aromatic rings. The highest BCUT2D eigenvalue weighted by Crippen LogP contribution is 2.26. The van der Waals surface area contributed by atoms with E-state index >= 15 is 0 Å². The predicted octanol–water partition coefficient (Wildman–Crippen LogP) is 3.91. The van der Waals surface area contributed by atoms with Crippen molar-refractivity contribution < 1.29 is 13.8 Å². The fraction of sp³-hybridized carbons (Fsp3) is 0.333. The average Bonchev–Trinajstić information content (AvgIpc) is 3.60. The summed E-state index contributed by atoms with van der Waals surface area (Å²) in [4.78, 5) is 23.4. The first-order valence-corrected chi connectivity index (χ1v) is 11.9. The highest BCUT2D eigenvalue weighted by atomic mass is 32.1. The molecule has 1 amide bonds. The second kappa shape index (κ2) is 9.13. The van der Waals surface area contributed by atoms with Crippen LogP contribution in [0.15, 0.2) is 50.1 Å². The summed E-state index contributed by atoms with van der Waals surface area (Å²) in [5, 5.41) is 12.0. The molecule has 160 valence electrons. The third-order valence-corrected chi connectivity index (χ3v) is 6.98. The summed E-state index contributed by atoms with van der Waals surface area (Å²) in [6.45, 7) is 3.98. The Kier molecular flexibility index (Phi) is 5.92. The topological polar surface area (TPSA) is 88.5 Å². The van der Waals surface area contributed by atoms with Crippen molar-refractivity contribution in [3.05, 3.63) is 52.7 Å². The van der Waals surface area contributed by atoms with Crippen molar-refractivity contribution in [3.63, 3.8) is 0 Å². The molecule has 1 fully saturated rings. The van der Waals surface area contributed by atoms with Gasteiger partial charge in [0.2, 0.25) is 11.7 Å². The van der Waals surface area contributed by atoms with E-state index in [0.717, 1.165) is 42.2 Å². The maximum atomic E-state index is 12.7. The third-order valence-electron chi connectivity index (χ3n) is 5.23. The van der Waals surface area contributed by atoms with Crippen LogP contribution in [-0.4, -0.2) is 63.7 Å². The Labute approximate surface area is 187 Å². The van der Waals surface area contributed by atoms with E-state index in [2.05, 4.69) is 20.2 Å². The molecule has 8 nitrogen and oxygen atoms in total. The fourth-order valence-corrected chi connectivity index (χ4v) is 4.89. The molecule has 0 spiro atoms. The number of hydrogen-bond donors (Lipinski definition) is 0. The number of aromatic nitrogens is 3. The minimum absolute atomic E-state index is 0.0711. The van der Waals surface area contributed by atoms with Crippen LogP contribution in [-0.2, 0) is 6.42 Å². The van der Waals surface area contributed by atoms with E-state index in [4.69, 9.17) is 9.05 Å². The van der Waals surface area contributed by atoms with Crippen molar-refractivity contribution >= 4 is 28.6 Å². The number of hydrogen-bond acceptors (Lipinski definition) is 9. The number of carbonyl (C=O) groups excluding carboxylic acids is 1. The first-order chi connectivity index (χ1) is 15.3. The number of carbonyl (C=O) groups is 1. The Hall–Kier alpha value is -2.82. The Balaban J connectivity index is 1.07. The molecular weight excluding hydrogens is 434 g/mol. The Morgan fingerprint density at radius 2 is 1.77 bits per heavy atom. The van der Waals surface area contributed by atoms with Crippen LogP contribution in [0.25, 0.3) is 21.3 Å². The maximum Gasteiger partial charge on any atom is 0.276 e. The largest absolute Gasteiger partial charge is 0.355 e. The van der Waals surface area contributed by atoms with Crippen LogP contribution in [0.4, 0.5) is 0 Å². The summed E-state index contributed by atoms with van der Waals surface area (Å²) in [6, 6.07) is 9.60. The molecule has 0 atom stereocenters. The van der Waals surface area contributed by atoms with E-state index in [1.165, 1.54) is 0 Å². The van der Waals surface area contributed by atoms with Gasteiger partial charge in [-0.15, -0.1) is 22.7 Å². The van der Waals surface area contributed by atoms with Gasteiger partial charge >= 0.3 is 0 Å². The summed E-state index contributed by atoms with van der Waals surface area (Å²) in [5.41, 5.74) is 0.370. The summed E-state index contributed by atoms with van der Waals surface area (Å²) < 4.78 is 10.7. The zero-order chi connectivity index (χ0) is 21.0. The van der Waals surface area contributed by atoms with Crippen LogP contribution in [0.5, 0.6) is 0 Å². The number of piperazine rings is 1. The molecular formula is C21H21N5O3S2. The zero-order valence-corrected chi connectivity index (χ0v) is 18.4. The summed E-state index contributed by atoms with van der Waals surface area (Å²) >= 11 is 3.17. The third kappa shape index (κ3) is 4.60. The molecule has 10 heteroatoms. The van der Waals surface area contributed by atoms with Crippen molar-refractivity contribution in [3.8, 4) is 21.3 Å². The lowest BCUT2D eigenvalue weighted by atomic mass is 10.2. The number of rotatable bonds is 7. The standard InChI is InChI=1S/C21H21N5O3S2/c27-21(15-14-16(28-23-15)17-4-2-12-30-17)26-10-8-25(9-11-26)7-1-6-19-22-20(24-29-19)18-5-3-13-31-18/h2-5,12-14H,1,6-11H2. The van der Waals surface area contributed by atoms with Crippen LogP contribution in [0.3, 0.4) is 0 Å². The number of aryl methyl sites for hydroxylation is 1. The lowest BCUT2D eigenvalue weighted by Gasteiger charge is -2.34. The Morgan fingerprint density at radius 3 is 2.52 bits per heavy atom. The molecule has 0 N–H and O–H groups in total. The van der Waals surface area contributed by atoms with Crippen LogP contribution < -0.4 is 0 Å². The summed E-state index contributed by atoms with van der Waals surface area (Å²) in [7, 11) is 0. The van der Waals surface area contributed by atoms with Crippen molar-refractivity contribution in [2.45, 2.75) is 12.8 Å². The lowest BCUT2D eigenvalue weighted by Crippen LogP contribution is -2.49. The fourth-order valence-electron chi connectivity index (χ4n) is 3.56. The van der Waals surface area contributed by atoms with Gasteiger partial charge in [-0.3, -0.25) is 9.69 Å². The van der Waals surface area contributed by atoms with Crippen molar-refractivity contribution in [2.24, 2.45) is 0 Å². The molecule has 1 aliphatic rings. The molecule has 5 heterocycles. The van der Waals surface area contributed by atoms with Gasteiger partial charge in [-0.25, -0.2) is 0 Å².